The highest BCUT2D eigenvalue weighted by atomic mass is 16.5. The van der Waals surface area contributed by atoms with Gasteiger partial charge in [-0.3, -0.25) is 4.90 Å². The molecule has 100 valence electrons. The standard InChI is InChI=1S/C15H24N2O/c1-12-10-17(11-15(18-12)8-9-16)13(2)14-6-4-3-5-7-14/h3-7,12-13,15H,8-11,16H2,1-2H3. The predicted octanol–water partition coefficient (Wildman–Crippen LogP) is 2.19. The zero-order valence-corrected chi connectivity index (χ0v) is 11.4. The van der Waals surface area contributed by atoms with E-state index in [0.717, 1.165) is 19.5 Å². The molecule has 3 atom stereocenters. The van der Waals surface area contributed by atoms with E-state index in [9.17, 15) is 0 Å². The SMILES string of the molecule is CC1CN(C(C)c2ccccc2)CC(CCN)O1. The lowest BCUT2D eigenvalue weighted by Crippen LogP contribution is -2.47. The number of morpholine rings is 1. The van der Waals surface area contributed by atoms with Gasteiger partial charge in [-0.2, -0.15) is 0 Å². The number of nitrogens with zero attached hydrogens (tertiary/aromatic N) is 1. The van der Waals surface area contributed by atoms with Gasteiger partial charge >= 0.3 is 0 Å². The molecule has 3 heteroatoms. The fourth-order valence-corrected chi connectivity index (χ4v) is 2.68. The molecule has 0 saturated carbocycles. The van der Waals surface area contributed by atoms with Gasteiger partial charge in [0.05, 0.1) is 12.2 Å². The normalized spacial score (nSPS) is 27.1. The van der Waals surface area contributed by atoms with Gasteiger partial charge in [0, 0.05) is 19.1 Å². The maximum Gasteiger partial charge on any atom is 0.0718 e. The van der Waals surface area contributed by atoms with Crippen molar-refractivity contribution >= 4 is 0 Å². The topological polar surface area (TPSA) is 38.5 Å². The Morgan fingerprint density at radius 1 is 1.33 bits per heavy atom. The van der Waals surface area contributed by atoms with Crippen LogP contribution in [0.15, 0.2) is 30.3 Å². The quantitative estimate of drug-likeness (QED) is 0.887. The minimum atomic E-state index is 0.282. The number of nitrogens with two attached hydrogens (primary N) is 1. The van der Waals surface area contributed by atoms with Crippen molar-refractivity contribution in [1.29, 1.82) is 0 Å². The largest absolute Gasteiger partial charge is 0.373 e. The molecule has 1 heterocycles. The van der Waals surface area contributed by atoms with Gasteiger partial charge in [0.2, 0.25) is 0 Å². The van der Waals surface area contributed by atoms with Crippen molar-refractivity contribution in [3.05, 3.63) is 35.9 Å². The van der Waals surface area contributed by atoms with E-state index in [1.807, 2.05) is 0 Å². The zero-order chi connectivity index (χ0) is 13.0. The van der Waals surface area contributed by atoms with Gasteiger partial charge in [-0.05, 0) is 32.4 Å². The van der Waals surface area contributed by atoms with Gasteiger partial charge in [-0.25, -0.2) is 0 Å². The average Bonchev–Trinajstić information content (AvgIpc) is 2.38. The lowest BCUT2D eigenvalue weighted by Gasteiger charge is -2.40. The molecule has 3 nitrogen and oxygen atoms in total. The molecular weight excluding hydrogens is 224 g/mol. The Bertz CT molecular complexity index is 355. The van der Waals surface area contributed by atoms with Crippen LogP contribution in [0, 0.1) is 0 Å². The molecule has 1 saturated heterocycles. The van der Waals surface area contributed by atoms with Crippen LogP contribution < -0.4 is 5.73 Å². The lowest BCUT2D eigenvalue weighted by molar-refractivity contribution is -0.0888. The number of rotatable bonds is 4. The molecule has 0 radical (unpaired) electrons. The molecule has 0 aliphatic carbocycles. The van der Waals surface area contributed by atoms with Gasteiger partial charge < -0.3 is 10.5 Å². The van der Waals surface area contributed by atoms with Crippen molar-refractivity contribution in [2.24, 2.45) is 5.73 Å². The summed E-state index contributed by atoms with van der Waals surface area (Å²) in [7, 11) is 0. The lowest BCUT2D eigenvalue weighted by atomic mass is 10.0. The second-order valence-electron chi connectivity index (χ2n) is 5.19. The maximum absolute atomic E-state index is 5.92. The first-order valence-electron chi connectivity index (χ1n) is 6.85. The summed E-state index contributed by atoms with van der Waals surface area (Å²) in [4.78, 5) is 2.50. The van der Waals surface area contributed by atoms with E-state index in [-0.39, 0.29) is 6.10 Å². The minimum Gasteiger partial charge on any atom is -0.373 e. The third-order valence-corrected chi connectivity index (χ3v) is 3.67. The fourth-order valence-electron chi connectivity index (χ4n) is 2.68. The molecule has 0 amide bonds. The summed E-state index contributed by atoms with van der Waals surface area (Å²) in [6.45, 7) is 7.10. The van der Waals surface area contributed by atoms with E-state index in [4.69, 9.17) is 10.5 Å². The van der Waals surface area contributed by atoms with E-state index in [1.165, 1.54) is 5.56 Å². The molecule has 2 rings (SSSR count). The van der Waals surface area contributed by atoms with Gasteiger partial charge in [0.25, 0.3) is 0 Å². The number of ether oxygens (including phenoxy) is 1. The Morgan fingerprint density at radius 2 is 2.06 bits per heavy atom. The van der Waals surface area contributed by atoms with Crippen LogP contribution in [0.1, 0.15) is 31.9 Å². The third kappa shape index (κ3) is 3.31. The summed E-state index contributed by atoms with van der Waals surface area (Å²) in [5.41, 5.74) is 7.01. The van der Waals surface area contributed by atoms with Crippen molar-refractivity contribution in [2.75, 3.05) is 19.6 Å². The summed E-state index contributed by atoms with van der Waals surface area (Å²) in [6.07, 6.45) is 1.52. The molecule has 18 heavy (non-hydrogen) atoms. The molecule has 1 aromatic carbocycles. The molecule has 1 aliphatic rings. The Morgan fingerprint density at radius 3 is 2.72 bits per heavy atom. The van der Waals surface area contributed by atoms with Crippen molar-refractivity contribution in [3.8, 4) is 0 Å². The highest BCUT2D eigenvalue weighted by Gasteiger charge is 2.28. The first-order chi connectivity index (χ1) is 8.70. The smallest absolute Gasteiger partial charge is 0.0718 e. The molecule has 2 N–H and O–H groups in total. The van der Waals surface area contributed by atoms with Crippen LogP contribution in [0.5, 0.6) is 0 Å². The van der Waals surface area contributed by atoms with Crippen LogP contribution in [0.25, 0.3) is 0 Å². The fraction of sp³-hybridized carbons (Fsp3) is 0.600. The molecule has 1 aromatic rings. The second-order valence-corrected chi connectivity index (χ2v) is 5.19. The molecule has 0 spiro atoms. The highest BCUT2D eigenvalue weighted by molar-refractivity contribution is 5.18. The van der Waals surface area contributed by atoms with Crippen molar-refractivity contribution in [1.82, 2.24) is 4.90 Å². The summed E-state index contributed by atoms with van der Waals surface area (Å²) >= 11 is 0. The Balaban J connectivity index is 2.03. The average molecular weight is 248 g/mol. The Hall–Kier alpha value is -0.900. The summed E-state index contributed by atoms with van der Waals surface area (Å²) < 4.78 is 5.92. The van der Waals surface area contributed by atoms with E-state index in [2.05, 4.69) is 49.1 Å². The minimum absolute atomic E-state index is 0.282. The second kappa shape index (κ2) is 6.32. The number of hydrogen-bond donors (Lipinski definition) is 1. The highest BCUT2D eigenvalue weighted by Crippen LogP contribution is 2.24. The zero-order valence-electron chi connectivity index (χ0n) is 11.4. The van der Waals surface area contributed by atoms with Gasteiger partial charge in [0.1, 0.15) is 0 Å². The van der Waals surface area contributed by atoms with Gasteiger partial charge in [-0.15, -0.1) is 0 Å². The van der Waals surface area contributed by atoms with Crippen LogP contribution >= 0.6 is 0 Å². The van der Waals surface area contributed by atoms with Crippen LogP contribution in [-0.2, 0) is 4.74 Å². The number of benzene rings is 1. The molecular formula is C15H24N2O. The van der Waals surface area contributed by atoms with Crippen molar-refractivity contribution < 1.29 is 4.74 Å². The van der Waals surface area contributed by atoms with E-state index >= 15 is 0 Å². The summed E-state index contributed by atoms with van der Waals surface area (Å²) in [5.74, 6) is 0. The van der Waals surface area contributed by atoms with E-state index < -0.39 is 0 Å². The Labute approximate surface area is 110 Å². The van der Waals surface area contributed by atoms with Gasteiger partial charge in [0.15, 0.2) is 0 Å². The number of hydrogen-bond acceptors (Lipinski definition) is 3. The molecule has 0 bridgehead atoms. The van der Waals surface area contributed by atoms with Crippen LogP contribution in [-0.4, -0.2) is 36.7 Å². The molecule has 3 unspecified atom stereocenters. The Kier molecular flexibility index (Phi) is 4.75. The first-order valence-corrected chi connectivity index (χ1v) is 6.85. The third-order valence-electron chi connectivity index (χ3n) is 3.67. The molecule has 1 aliphatic heterocycles. The van der Waals surface area contributed by atoms with Gasteiger partial charge in [-0.1, -0.05) is 30.3 Å². The molecule has 0 aromatic heterocycles. The van der Waals surface area contributed by atoms with E-state index in [0.29, 0.717) is 18.7 Å². The van der Waals surface area contributed by atoms with Crippen LogP contribution in [0.4, 0.5) is 0 Å². The summed E-state index contributed by atoms with van der Waals surface area (Å²) in [5, 5.41) is 0. The van der Waals surface area contributed by atoms with E-state index in [1.54, 1.807) is 0 Å². The predicted molar refractivity (Wildman–Crippen MR) is 74.4 cm³/mol. The van der Waals surface area contributed by atoms with Crippen LogP contribution in [0.2, 0.25) is 0 Å². The molecule has 1 fully saturated rings. The summed E-state index contributed by atoms with van der Waals surface area (Å²) in [6, 6.07) is 11.1. The monoisotopic (exact) mass is 248 g/mol. The first kappa shape index (κ1) is 13.5. The van der Waals surface area contributed by atoms with Crippen LogP contribution in [0.3, 0.4) is 0 Å². The maximum atomic E-state index is 5.92. The van der Waals surface area contributed by atoms with Crippen molar-refractivity contribution in [2.45, 2.75) is 38.5 Å². The van der Waals surface area contributed by atoms with Crippen molar-refractivity contribution in [3.63, 3.8) is 0 Å².